The number of nitrogens with zero attached hydrogens (tertiary/aromatic N) is 6. The van der Waals surface area contributed by atoms with Gasteiger partial charge in [0.25, 0.3) is 0 Å². The van der Waals surface area contributed by atoms with E-state index in [1.165, 1.54) is 12.3 Å². The van der Waals surface area contributed by atoms with Gasteiger partial charge >= 0.3 is 5.97 Å². The van der Waals surface area contributed by atoms with Crippen LogP contribution in [0.25, 0.3) is 11.0 Å². The van der Waals surface area contributed by atoms with Crippen LogP contribution in [-0.2, 0) is 24.4 Å². The molecule has 3 fully saturated rings. The molecule has 11 heteroatoms. The minimum atomic E-state index is -0.942. The fourth-order valence-corrected chi connectivity index (χ4v) is 6.28. The maximum atomic E-state index is 13.9. The average molecular weight is 559 g/mol. The Morgan fingerprint density at radius 2 is 1.93 bits per heavy atom. The Morgan fingerprint density at radius 3 is 2.66 bits per heavy atom. The van der Waals surface area contributed by atoms with Gasteiger partial charge in [0.2, 0.25) is 0 Å². The van der Waals surface area contributed by atoms with Gasteiger partial charge in [-0.05, 0) is 49.6 Å². The smallest absolute Gasteiger partial charge is 0.335 e. The van der Waals surface area contributed by atoms with Crippen LogP contribution in [0.2, 0.25) is 0 Å². The highest BCUT2D eigenvalue weighted by molar-refractivity contribution is 5.92. The summed E-state index contributed by atoms with van der Waals surface area (Å²) in [5.41, 5.74) is 2.65. The first-order chi connectivity index (χ1) is 20.0. The SMILES string of the molecule is O=C(O)c1ccc2nc(CN3CC4CCC(C3)N4c3cccc(COc4ccncc4F)n3)n(C[C@@H]3CCO3)c2c1. The van der Waals surface area contributed by atoms with Crippen LogP contribution in [0.1, 0.15) is 41.1 Å². The van der Waals surface area contributed by atoms with Gasteiger partial charge in [-0.3, -0.25) is 9.88 Å². The molecule has 2 bridgehead atoms. The van der Waals surface area contributed by atoms with Crippen LogP contribution in [0.4, 0.5) is 10.2 Å². The van der Waals surface area contributed by atoms with Crippen molar-refractivity contribution in [2.45, 2.75) is 57.1 Å². The van der Waals surface area contributed by atoms with Gasteiger partial charge in [0, 0.05) is 44.0 Å². The summed E-state index contributed by atoms with van der Waals surface area (Å²) < 4.78 is 27.5. The molecule has 3 aliphatic heterocycles. The lowest BCUT2D eigenvalue weighted by atomic mass is 10.1. The molecule has 2 unspecified atom stereocenters. The summed E-state index contributed by atoms with van der Waals surface area (Å²) in [6.45, 7) is 4.05. The normalized spacial score (nSPS) is 22.2. The van der Waals surface area contributed by atoms with Crippen LogP contribution < -0.4 is 9.64 Å². The number of benzene rings is 1. The van der Waals surface area contributed by atoms with Gasteiger partial charge in [-0.25, -0.2) is 19.2 Å². The van der Waals surface area contributed by atoms with Crippen LogP contribution in [-0.4, -0.2) is 73.4 Å². The first-order valence-electron chi connectivity index (χ1n) is 14.0. The summed E-state index contributed by atoms with van der Waals surface area (Å²) in [6.07, 6.45) is 5.93. The lowest BCUT2D eigenvalue weighted by Gasteiger charge is -2.42. The fourth-order valence-electron chi connectivity index (χ4n) is 6.28. The van der Waals surface area contributed by atoms with Crippen molar-refractivity contribution in [3.05, 3.63) is 77.8 Å². The van der Waals surface area contributed by atoms with E-state index in [1.54, 1.807) is 18.2 Å². The predicted octanol–water partition coefficient (Wildman–Crippen LogP) is 3.88. The zero-order valence-electron chi connectivity index (χ0n) is 22.5. The molecule has 0 spiro atoms. The number of ether oxygens (including phenoxy) is 2. The predicted molar refractivity (Wildman–Crippen MR) is 148 cm³/mol. The number of pyridine rings is 2. The van der Waals surface area contributed by atoms with E-state index < -0.39 is 11.8 Å². The first-order valence-corrected chi connectivity index (χ1v) is 14.0. The maximum absolute atomic E-state index is 13.9. The summed E-state index contributed by atoms with van der Waals surface area (Å²) in [7, 11) is 0. The van der Waals surface area contributed by atoms with Gasteiger partial charge in [0.05, 0.1) is 47.7 Å². The van der Waals surface area contributed by atoms with Crippen LogP contribution >= 0.6 is 0 Å². The molecule has 212 valence electrons. The van der Waals surface area contributed by atoms with E-state index in [0.717, 1.165) is 73.5 Å². The van der Waals surface area contributed by atoms with Gasteiger partial charge in [-0.2, -0.15) is 0 Å². The van der Waals surface area contributed by atoms with E-state index in [0.29, 0.717) is 25.2 Å². The van der Waals surface area contributed by atoms with Gasteiger partial charge < -0.3 is 24.0 Å². The second kappa shape index (κ2) is 10.7. The van der Waals surface area contributed by atoms with E-state index in [1.807, 2.05) is 18.2 Å². The molecule has 4 aromatic rings. The Labute approximate surface area is 236 Å². The number of carbonyl (C=O) groups is 1. The molecule has 3 aromatic heterocycles. The van der Waals surface area contributed by atoms with Crippen LogP contribution in [0, 0.1) is 5.82 Å². The highest BCUT2D eigenvalue weighted by Crippen LogP contribution is 2.35. The Hall–Kier alpha value is -4.09. The molecular formula is C30H31FN6O4. The molecule has 0 aliphatic carbocycles. The summed E-state index contributed by atoms with van der Waals surface area (Å²) in [5.74, 6) is 0.585. The molecule has 1 N–H and O–H groups in total. The molecule has 0 radical (unpaired) electrons. The fraction of sp³-hybridized carbons (Fsp3) is 0.400. The molecule has 6 heterocycles. The first kappa shape index (κ1) is 25.8. The van der Waals surface area contributed by atoms with Crippen molar-refractivity contribution >= 4 is 22.8 Å². The topological polar surface area (TPSA) is 106 Å². The van der Waals surface area contributed by atoms with Crippen LogP contribution in [0.15, 0.2) is 54.9 Å². The number of rotatable bonds is 9. The number of likely N-dealkylation sites (tertiary alicyclic amines) is 1. The number of carboxylic acid groups (broad SMARTS) is 1. The molecule has 3 aliphatic rings. The van der Waals surface area contributed by atoms with Crippen molar-refractivity contribution in [3.8, 4) is 5.75 Å². The molecule has 1 aromatic carbocycles. The Kier molecular flexibility index (Phi) is 6.76. The number of anilines is 1. The lowest BCUT2D eigenvalue weighted by Crippen LogP contribution is -2.54. The number of piperazine rings is 1. The lowest BCUT2D eigenvalue weighted by molar-refractivity contribution is -0.0592. The largest absolute Gasteiger partial charge is 0.484 e. The standard InChI is InChI=1S/C30H31FN6O4/c31-24-13-32-10-8-27(24)41-18-20-2-1-3-28(33-20)37-21-5-6-22(37)15-35(14-21)17-29-34-25-7-4-19(30(38)39)12-26(25)36(29)16-23-9-11-40-23/h1-4,7-8,10,12-13,21-23H,5-6,9,11,14-18H2,(H,38,39)/t21?,22?,23-/m0/s1. The molecule has 0 amide bonds. The zero-order chi connectivity index (χ0) is 27.9. The van der Waals surface area contributed by atoms with Gasteiger partial charge in [-0.15, -0.1) is 0 Å². The summed E-state index contributed by atoms with van der Waals surface area (Å²) in [5, 5.41) is 9.54. The van der Waals surface area contributed by atoms with Crippen LogP contribution in [0.3, 0.4) is 0 Å². The zero-order valence-corrected chi connectivity index (χ0v) is 22.5. The van der Waals surface area contributed by atoms with Gasteiger partial charge in [0.15, 0.2) is 11.6 Å². The number of aromatic carboxylic acids is 1. The molecular weight excluding hydrogens is 527 g/mol. The maximum Gasteiger partial charge on any atom is 0.335 e. The van der Waals surface area contributed by atoms with Crippen molar-refractivity contribution in [1.29, 1.82) is 0 Å². The summed E-state index contributed by atoms with van der Waals surface area (Å²) >= 11 is 0. The number of halogens is 1. The van der Waals surface area contributed by atoms with Crippen molar-refractivity contribution in [2.24, 2.45) is 0 Å². The Morgan fingerprint density at radius 1 is 1.10 bits per heavy atom. The number of imidazole rings is 1. The minimum absolute atomic E-state index is 0.130. The van der Waals surface area contributed by atoms with E-state index in [2.05, 4.69) is 19.4 Å². The molecule has 3 atom stereocenters. The molecule has 0 saturated carbocycles. The molecule has 41 heavy (non-hydrogen) atoms. The summed E-state index contributed by atoms with van der Waals surface area (Å²) in [6, 6.07) is 13.2. The number of aromatic nitrogens is 4. The molecule has 7 rings (SSSR count). The Balaban J connectivity index is 1.08. The van der Waals surface area contributed by atoms with Gasteiger partial charge in [0.1, 0.15) is 18.2 Å². The Bertz CT molecular complexity index is 1580. The molecule has 3 saturated heterocycles. The number of hydrogen-bond donors (Lipinski definition) is 1. The third kappa shape index (κ3) is 5.11. The third-order valence-electron chi connectivity index (χ3n) is 8.34. The van der Waals surface area contributed by atoms with Crippen molar-refractivity contribution in [1.82, 2.24) is 24.4 Å². The average Bonchev–Trinajstić information content (AvgIpc) is 3.42. The van der Waals surface area contributed by atoms with E-state index in [9.17, 15) is 14.3 Å². The minimum Gasteiger partial charge on any atom is -0.484 e. The quantitative estimate of drug-likeness (QED) is 0.328. The van der Waals surface area contributed by atoms with Crippen molar-refractivity contribution < 1.29 is 23.8 Å². The third-order valence-corrected chi connectivity index (χ3v) is 8.34. The number of carboxylic acids is 1. The molecule has 10 nitrogen and oxygen atoms in total. The number of hydrogen-bond acceptors (Lipinski definition) is 8. The van der Waals surface area contributed by atoms with Crippen LogP contribution in [0.5, 0.6) is 5.75 Å². The number of fused-ring (bicyclic) bond motifs is 3. The van der Waals surface area contributed by atoms with E-state index >= 15 is 0 Å². The van der Waals surface area contributed by atoms with Crippen molar-refractivity contribution in [2.75, 3.05) is 24.6 Å². The van der Waals surface area contributed by atoms with E-state index in [4.69, 9.17) is 19.4 Å². The monoisotopic (exact) mass is 558 g/mol. The second-order valence-corrected chi connectivity index (χ2v) is 11.0. The highest BCUT2D eigenvalue weighted by Gasteiger charge is 2.41. The van der Waals surface area contributed by atoms with Gasteiger partial charge in [-0.1, -0.05) is 6.07 Å². The summed E-state index contributed by atoms with van der Waals surface area (Å²) in [4.78, 5) is 30.1. The van der Waals surface area contributed by atoms with Crippen molar-refractivity contribution in [3.63, 3.8) is 0 Å². The second-order valence-electron chi connectivity index (χ2n) is 11.0. The highest BCUT2D eigenvalue weighted by atomic mass is 19.1. The van der Waals surface area contributed by atoms with E-state index in [-0.39, 0.29) is 24.0 Å².